The Bertz CT molecular complexity index is 774. The molecule has 0 aliphatic carbocycles. The quantitative estimate of drug-likeness (QED) is 0.860. The summed E-state index contributed by atoms with van der Waals surface area (Å²) in [6.45, 7) is 5.82. The lowest BCUT2D eigenvalue weighted by molar-refractivity contribution is 0.100. The Kier molecular flexibility index (Phi) is 5.25. The van der Waals surface area contributed by atoms with E-state index in [9.17, 15) is 9.00 Å². The number of hydrogen-bond acceptors (Lipinski definition) is 2. The Hall–Kier alpha value is -2.24. The van der Waals surface area contributed by atoms with E-state index in [4.69, 9.17) is 0 Å². The van der Waals surface area contributed by atoms with E-state index in [0.717, 1.165) is 5.56 Å². The van der Waals surface area contributed by atoms with Crippen LogP contribution in [0.1, 0.15) is 15.9 Å². The maximum absolute atomic E-state index is 13.1. The molecule has 1 atom stereocenters. The predicted molar refractivity (Wildman–Crippen MR) is 89.0 cm³/mol. The minimum atomic E-state index is -3.04. The van der Waals surface area contributed by atoms with Gasteiger partial charge in [0.25, 0.3) is 5.91 Å². The summed E-state index contributed by atoms with van der Waals surface area (Å²) in [5.41, 5.74) is 1.45. The highest BCUT2D eigenvalue weighted by atomic mass is 32.2. The maximum Gasteiger partial charge on any atom is 0.286 e. The number of carbonyl (C=O) groups excluding carboxylic acids is 1. The van der Waals surface area contributed by atoms with Crippen LogP contribution in [0.5, 0.6) is 0 Å². The molecule has 1 N–H and O–H groups in total. The van der Waals surface area contributed by atoms with Crippen molar-refractivity contribution in [1.82, 2.24) is 4.72 Å². The van der Waals surface area contributed by atoms with Gasteiger partial charge in [0.1, 0.15) is 9.92 Å². The van der Waals surface area contributed by atoms with Crippen molar-refractivity contribution in [3.8, 4) is 0 Å². The van der Waals surface area contributed by atoms with Crippen molar-refractivity contribution in [3.05, 3.63) is 78.4 Å². The summed E-state index contributed by atoms with van der Waals surface area (Å²) in [5, 5.41) is 0. The van der Waals surface area contributed by atoms with Gasteiger partial charge in [0.15, 0.2) is 0 Å². The molecule has 0 fully saturated rings. The molecule has 1 amide bonds. The molecule has 0 saturated carbocycles. The number of rotatable bonds is 5. The van der Waals surface area contributed by atoms with Gasteiger partial charge in [-0.2, -0.15) is 0 Å². The largest absolute Gasteiger partial charge is 0.286 e. The van der Waals surface area contributed by atoms with Gasteiger partial charge < -0.3 is 0 Å². The Morgan fingerprint density at radius 3 is 2.41 bits per heavy atom. The average molecular weight is 314 g/mol. The van der Waals surface area contributed by atoms with Crippen molar-refractivity contribution < 1.29 is 9.00 Å². The minimum Gasteiger partial charge on any atom is -0.266 e. The second-order valence-corrected chi connectivity index (χ2v) is 6.73. The fourth-order valence-electron chi connectivity index (χ4n) is 1.81. The first kappa shape index (κ1) is 16.1. The van der Waals surface area contributed by atoms with Gasteiger partial charge in [0.2, 0.25) is 0 Å². The van der Waals surface area contributed by atoms with E-state index in [1.807, 2.05) is 25.1 Å². The highest BCUT2D eigenvalue weighted by Gasteiger charge is 2.15. The van der Waals surface area contributed by atoms with E-state index in [1.165, 1.54) is 0 Å². The number of hydrogen-bond donors (Lipinski definition) is 1. The summed E-state index contributed by atoms with van der Waals surface area (Å²) < 4.78 is 19.8. The van der Waals surface area contributed by atoms with Crippen molar-refractivity contribution in [2.24, 2.45) is 4.36 Å². The van der Waals surface area contributed by atoms with E-state index < -0.39 is 15.8 Å². The third-order valence-corrected chi connectivity index (χ3v) is 4.89. The normalized spacial score (nSPS) is 13.1. The highest BCUT2D eigenvalue weighted by Crippen LogP contribution is 2.14. The second-order valence-electron chi connectivity index (χ2n) is 4.74. The van der Waals surface area contributed by atoms with Crippen molar-refractivity contribution in [2.45, 2.75) is 11.8 Å². The van der Waals surface area contributed by atoms with Crippen LogP contribution >= 0.6 is 0 Å². The Morgan fingerprint density at radius 2 is 1.82 bits per heavy atom. The Labute approximate surface area is 131 Å². The number of amides is 1. The molecule has 2 aromatic rings. The molecule has 22 heavy (non-hydrogen) atoms. The van der Waals surface area contributed by atoms with Crippen molar-refractivity contribution in [2.75, 3.05) is 6.54 Å². The second kappa shape index (κ2) is 7.15. The van der Waals surface area contributed by atoms with E-state index >= 15 is 0 Å². The molecule has 0 heterocycles. The van der Waals surface area contributed by atoms with Crippen LogP contribution < -0.4 is 4.72 Å². The van der Waals surface area contributed by atoms with Crippen LogP contribution in [0.25, 0.3) is 0 Å². The molecular weight excluding hydrogens is 296 g/mol. The van der Waals surface area contributed by atoms with Gasteiger partial charge in [-0.1, -0.05) is 42.0 Å². The summed E-state index contributed by atoms with van der Waals surface area (Å²) in [7, 11) is -3.04. The number of nitrogens with one attached hydrogen (secondary N) is 1. The molecule has 0 saturated heterocycles. The van der Waals surface area contributed by atoms with Crippen LogP contribution in [0, 0.1) is 6.92 Å². The van der Waals surface area contributed by atoms with E-state index in [1.54, 1.807) is 42.5 Å². The summed E-state index contributed by atoms with van der Waals surface area (Å²) in [4.78, 5) is 12.7. The third kappa shape index (κ3) is 3.90. The van der Waals surface area contributed by atoms with Gasteiger partial charge in [-0.3, -0.25) is 4.79 Å². The van der Waals surface area contributed by atoms with Gasteiger partial charge in [-0.05, 0) is 31.2 Å². The lowest BCUT2D eigenvalue weighted by atomic mass is 10.2. The fraction of sp³-hybridized carbons (Fsp3) is 0.118. The fourth-order valence-corrected chi connectivity index (χ4v) is 3.34. The number of nitrogens with zero attached hydrogens (tertiary/aromatic N) is 1. The van der Waals surface area contributed by atoms with Gasteiger partial charge in [0, 0.05) is 12.1 Å². The molecule has 0 radical (unpaired) electrons. The molecule has 0 aliphatic rings. The molecule has 1 unspecified atom stereocenters. The Balaban J connectivity index is 2.47. The molecule has 5 heteroatoms. The molecule has 0 bridgehead atoms. The van der Waals surface area contributed by atoms with Crippen molar-refractivity contribution >= 4 is 15.8 Å². The summed E-state index contributed by atoms with van der Waals surface area (Å²) >= 11 is 0. The van der Waals surface area contributed by atoms with Gasteiger partial charge in [-0.15, -0.1) is 10.9 Å². The number of benzene rings is 2. The summed E-state index contributed by atoms with van der Waals surface area (Å²) in [6.07, 6.45) is 1.58. The van der Waals surface area contributed by atoms with E-state index in [2.05, 4.69) is 15.7 Å². The molecule has 2 aromatic carbocycles. The minimum absolute atomic E-state index is 0.290. The first-order valence-corrected chi connectivity index (χ1v) is 8.35. The first-order chi connectivity index (χ1) is 10.5. The number of carbonyl (C=O) groups is 1. The summed E-state index contributed by atoms with van der Waals surface area (Å²) in [6, 6.07) is 15.7. The van der Waals surface area contributed by atoms with Gasteiger partial charge >= 0.3 is 0 Å². The standard InChI is InChI=1S/C17H18N2O2S/c1-3-13-18-22(21,16-11-9-14(2)10-12-16)19-17(20)15-7-5-4-6-8-15/h3-12H,1,13H2,2H3,(H,18,19,20,21). The summed E-state index contributed by atoms with van der Waals surface area (Å²) in [5.74, 6) is -0.511. The highest BCUT2D eigenvalue weighted by molar-refractivity contribution is 7.92. The SMILES string of the molecule is C=CCNS(=O)(=NC(=O)c1ccccc1)c1ccc(C)cc1. The molecule has 0 aliphatic heterocycles. The topological polar surface area (TPSA) is 58.5 Å². The third-order valence-electron chi connectivity index (χ3n) is 3.00. The van der Waals surface area contributed by atoms with Crippen LogP contribution in [-0.4, -0.2) is 16.7 Å². The lowest BCUT2D eigenvalue weighted by Crippen LogP contribution is -2.25. The van der Waals surface area contributed by atoms with Gasteiger partial charge in [-0.25, -0.2) is 8.93 Å². The zero-order chi connectivity index (χ0) is 16.0. The molecule has 0 spiro atoms. The van der Waals surface area contributed by atoms with E-state index in [-0.39, 0.29) is 6.54 Å². The molecule has 2 rings (SSSR count). The van der Waals surface area contributed by atoms with Crippen LogP contribution in [0.3, 0.4) is 0 Å². The molecule has 4 nitrogen and oxygen atoms in total. The zero-order valence-electron chi connectivity index (χ0n) is 12.4. The molecule has 114 valence electrons. The van der Waals surface area contributed by atoms with Crippen molar-refractivity contribution in [1.29, 1.82) is 0 Å². The van der Waals surface area contributed by atoms with Gasteiger partial charge in [0.05, 0.1) is 4.90 Å². The predicted octanol–water partition coefficient (Wildman–Crippen LogP) is 3.35. The van der Waals surface area contributed by atoms with Crippen molar-refractivity contribution in [3.63, 3.8) is 0 Å². The number of aryl methyl sites for hydroxylation is 1. The molecular formula is C17H18N2O2S. The van der Waals surface area contributed by atoms with Crippen LogP contribution in [-0.2, 0) is 9.92 Å². The van der Waals surface area contributed by atoms with Crippen LogP contribution in [0.2, 0.25) is 0 Å². The average Bonchev–Trinajstić information content (AvgIpc) is 2.54. The van der Waals surface area contributed by atoms with E-state index in [0.29, 0.717) is 10.5 Å². The smallest absolute Gasteiger partial charge is 0.266 e. The monoisotopic (exact) mass is 314 g/mol. The maximum atomic E-state index is 13.1. The first-order valence-electron chi connectivity index (χ1n) is 6.84. The Morgan fingerprint density at radius 1 is 1.18 bits per heavy atom. The zero-order valence-corrected chi connectivity index (χ0v) is 13.2. The van der Waals surface area contributed by atoms with Crippen LogP contribution in [0.4, 0.5) is 0 Å². The molecule has 0 aromatic heterocycles. The lowest BCUT2D eigenvalue weighted by Gasteiger charge is -2.11. The van der Waals surface area contributed by atoms with Crippen LogP contribution in [0.15, 0.2) is 76.5 Å².